The Hall–Kier alpha value is -2.22. The molecular formula is C19H27N3O4S. The van der Waals surface area contributed by atoms with Crippen molar-refractivity contribution < 1.29 is 19.1 Å². The zero-order valence-electron chi connectivity index (χ0n) is 15.6. The molecule has 0 aliphatic carbocycles. The lowest BCUT2D eigenvalue weighted by molar-refractivity contribution is -0.148. The maximum absolute atomic E-state index is 12.6. The summed E-state index contributed by atoms with van der Waals surface area (Å²) in [5.41, 5.74) is 5.85. The fourth-order valence-electron chi connectivity index (χ4n) is 2.82. The molecule has 0 bridgehead atoms. The average molecular weight is 394 g/mol. The van der Waals surface area contributed by atoms with Gasteiger partial charge >= 0.3 is 12.0 Å². The molecule has 8 heteroatoms. The van der Waals surface area contributed by atoms with Crippen LogP contribution in [0.2, 0.25) is 0 Å². The van der Waals surface area contributed by atoms with E-state index in [9.17, 15) is 14.4 Å². The zero-order chi connectivity index (χ0) is 19.6. The van der Waals surface area contributed by atoms with Gasteiger partial charge in [-0.25, -0.2) is 4.79 Å². The van der Waals surface area contributed by atoms with Crippen LogP contribution in [0.25, 0.3) is 0 Å². The molecule has 27 heavy (non-hydrogen) atoms. The number of unbranched alkanes of at least 4 members (excludes halogenated alkanes) is 2. The first kappa shape index (κ1) is 21.1. The van der Waals surface area contributed by atoms with E-state index in [2.05, 4.69) is 12.2 Å². The Morgan fingerprint density at radius 1 is 1.26 bits per heavy atom. The van der Waals surface area contributed by atoms with Crippen molar-refractivity contribution in [2.45, 2.75) is 49.2 Å². The van der Waals surface area contributed by atoms with Crippen LogP contribution in [0, 0.1) is 0 Å². The Morgan fingerprint density at radius 2 is 2.04 bits per heavy atom. The van der Waals surface area contributed by atoms with E-state index in [0.29, 0.717) is 24.8 Å². The first-order valence-corrected chi connectivity index (χ1v) is 10.1. The summed E-state index contributed by atoms with van der Waals surface area (Å²) < 4.78 is 5.16. The molecule has 7 nitrogen and oxygen atoms in total. The number of nitrogens with two attached hydrogens (primary N) is 1. The molecule has 0 saturated carbocycles. The summed E-state index contributed by atoms with van der Waals surface area (Å²) in [7, 11) is 0. The lowest BCUT2D eigenvalue weighted by Crippen LogP contribution is -2.35. The molecule has 1 atom stereocenters. The lowest BCUT2D eigenvalue weighted by atomic mass is 10.2. The zero-order valence-corrected chi connectivity index (χ0v) is 16.4. The summed E-state index contributed by atoms with van der Waals surface area (Å²) in [4.78, 5) is 37.8. The van der Waals surface area contributed by atoms with E-state index >= 15 is 0 Å². The molecule has 3 amide bonds. The smallest absolute Gasteiger partial charge is 0.312 e. The van der Waals surface area contributed by atoms with E-state index in [0.717, 1.165) is 29.8 Å². The molecule has 0 saturated heterocycles. The fourth-order valence-corrected chi connectivity index (χ4v) is 3.93. The highest BCUT2D eigenvalue weighted by Crippen LogP contribution is 2.37. The van der Waals surface area contributed by atoms with Gasteiger partial charge in [0.25, 0.3) is 5.91 Å². The summed E-state index contributed by atoms with van der Waals surface area (Å²) >= 11 is 1.76. The molecule has 1 aromatic carbocycles. The number of para-hydroxylation sites is 1. The molecule has 0 spiro atoms. The van der Waals surface area contributed by atoms with E-state index in [4.69, 9.17) is 10.5 Å². The van der Waals surface area contributed by atoms with Gasteiger partial charge in [-0.05, 0) is 31.4 Å². The normalized spacial score (nSPS) is 16.2. The van der Waals surface area contributed by atoms with Crippen LogP contribution in [-0.4, -0.2) is 42.9 Å². The number of ether oxygens (including phenoxy) is 1. The quantitative estimate of drug-likeness (QED) is 0.522. The monoisotopic (exact) mass is 393 g/mol. The van der Waals surface area contributed by atoms with Gasteiger partial charge in [-0.2, -0.15) is 0 Å². The number of nitrogens with zero attached hydrogens (tertiary/aromatic N) is 1. The Balaban J connectivity index is 1.75. The number of anilines is 1. The van der Waals surface area contributed by atoms with Crippen LogP contribution >= 0.6 is 11.8 Å². The van der Waals surface area contributed by atoms with Crippen molar-refractivity contribution in [1.29, 1.82) is 0 Å². The van der Waals surface area contributed by atoms with Crippen molar-refractivity contribution in [2.75, 3.05) is 24.6 Å². The predicted octanol–water partition coefficient (Wildman–Crippen LogP) is 2.68. The standard InChI is InChI=1S/C19H27N3O4S/c1-14-10-12-22(15-7-4-5-8-16(15)27-14)17(23)13-26-18(24)9-3-2-6-11-21-19(20)25/h4-5,7-8,14H,2-3,6,9-13H2,1H3,(H3,20,21,25)/t14-/m0/s1. The van der Waals surface area contributed by atoms with Crippen LogP contribution in [0.3, 0.4) is 0 Å². The molecule has 0 unspecified atom stereocenters. The van der Waals surface area contributed by atoms with Gasteiger partial charge in [-0.3, -0.25) is 9.59 Å². The van der Waals surface area contributed by atoms with Gasteiger partial charge in [0.15, 0.2) is 6.61 Å². The number of hydrogen-bond donors (Lipinski definition) is 2. The van der Waals surface area contributed by atoms with E-state index in [1.54, 1.807) is 16.7 Å². The second-order valence-electron chi connectivity index (χ2n) is 6.49. The molecule has 1 heterocycles. The summed E-state index contributed by atoms with van der Waals surface area (Å²) in [6, 6.07) is 7.28. The molecule has 0 radical (unpaired) electrons. The Bertz CT molecular complexity index is 668. The highest BCUT2D eigenvalue weighted by molar-refractivity contribution is 8.00. The van der Waals surface area contributed by atoms with Gasteiger partial charge in [0.2, 0.25) is 0 Å². The van der Waals surface area contributed by atoms with Crippen molar-refractivity contribution in [1.82, 2.24) is 5.32 Å². The number of thioether (sulfide) groups is 1. The molecule has 0 aromatic heterocycles. The number of primary amides is 1. The number of benzene rings is 1. The maximum Gasteiger partial charge on any atom is 0.312 e. The Labute approximate surface area is 164 Å². The van der Waals surface area contributed by atoms with Crippen molar-refractivity contribution in [2.24, 2.45) is 5.73 Å². The summed E-state index contributed by atoms with van der Waals surface area (Å²) in [5, 5.41) is 2.92. The summed E-state index contributed by atoms with van der Waals surface area (Å²) in [5.74, 6) is -0.576. The van der Waals surface area contributed by atoms with Gasteiger partial charge in [0, 0.05) is 29.7 Å². The van der Waals surface area contributed by atoms with E-state index < -0.39 is 6.03 Å². The number of esters is 1. The van der Waals surface area contributed by atoms with E-state index in [1.807, 2.05) is 24.3 Å². The van der Waals surface area contributed by atoms with Crippen LogP contribution in [0.4, 0.5) is 10.5 Å². The van der Waals surface area contributed by atoms with Gasteiger partial charge in [0.05, 0.1) is 5.69 Å². The number of nitrogens with one attached hydrogen (secondary N) is 1. The Kier molecular flexibility index (Phi) is 8.44. The molecular weight excluding hydrogens is 366 g/mol. The average Bonchev–Trinajstić information content (AvgIpc) is 2.80. The predicted molar refractivity (Wildman–Crippen MR) is 106 cm³/mol. The molecule has 1 aliphatic rings. The Morgan fingerprint density at radius 3 is 2.81 bits per heavy atom. The van der Waals surface area contributed by atoms with Crippen molar-refractivity contribution in [3.63, 3.8) is 0 Å². The minimum Gasteiger partial charge on any atom is -0.456 e. The number of amides is 3. The van der Waals surface area contributed by atoms with Gasteiger partial charge in [0.1, 0.15) is 0 Å². The van der Waals surface area contributed by atoms with Crippen molar-refractivity contribution in [3.05, 3.63) is 24.3 Å². The first-order chi connectivity index (χ1) is 13.0. The molecule has 1 aromatic rings. The second-order valence-corrected chi connectivity index (χ2v) is 7.97. The maximum atomic E-state index is 12.6. The SMILES string of the molecule is C[C@H]1CCN(C(=O)COC(=O)CCCCCNC(N)=O)c2ccccc2S1. The topological polar surface area (TPSA) is 102 Å². The third-order valence-corrected chi connectivity index (χ3v) is 5.50. The number of urea groups is 1. The number of fused-ring (bicyclic) bond motifs is 1. The summed E-state index contributed by atoms with van der Waals surface area (Å²) in [6.07, 6.45) is 3.31. The van der Waals surface area contributed by atoms with Crippen LogP contribution in [0.5, 0.6) is 0 Å². The number of carbonyl (C=O) groups excluding carboxylic acids is 3. The number of rotatable bonds is 8. The van der Waals surface area contributed by atoms with E-state index in [1.165, 1.54) is 0 Å². The van der Waals surface area contributed by atoms with Crippen molar-refractivity contribution >= 4 is 35.4 Å². The molecule has 148 valence electrons. The highest BCUT2D eigenvalue weighted by Gasteiger charge is 2.24. The molecule has 3 N–H and O–H groups in total. The molecule has 2 rings (SSSR count). The fraction of sp³-hybridized carbons (Fsp3) is 0.526. The molecule has 0 fully saturated rings. The number of hydrogen-bond acceptors (Lipinski definition) is 5. The van der Waals surface area contributed by atoms with E-state index in [-0.39, 0.29) is 24.9 Å². The third kappa shape index (κ3) is 7.13. The minimum atomic E-state index is -0.546. The van der Waals surface area contributed by atoms with Crippen LogP contribution < -0.4 is 16.0 Å². The van der Waals surface area contributed by atoms with Crippen LogP contribution in [-0.2, 0) is 14.3 Å². The van der Waals surface area contributed by atoms with Gasteiger partial charge < -0.3 is 20.7 Å². The van der Waals surface area contributed by atoms with Crippen LogP contribution in [0.15, 0.2) is 29.2 Å². The highest BCUT2D eigenvalue weighted by atomic mass is 32.2. The van der Waals surface area contributed by atoms with Crippen molar-refractivity contribution in [3.8, 4) is 0 Å². The van der Waals surface area contributed by atoms with Gasteiger partial charge in [-0.15, -0.1) is 11.8 Å². The number of carbonyl (C=O) groups is 3. The lowest BCUT2D eigenvalue weighted by Gasteiger charge is -2.22. The summed E-state index contributed by atoms with van der Waals surface area (Å²) in [6.45, 7) is 3.02. The minimum absolute atomic E-state index is 0.198. The van der Waals surface area contributed by atoms with Gasteiger partial charge in [-0.1, -0.05) is 25.5 Å². The second kappa shape index (κ2) is 10.8. The van der Waals surface area contributed by atoms with Crippen LogP contribution in [0.1, 0.15) is 39.0 Å². The third-order valence-electron chi connectivity index (χ3n) is 4.26. The molecule has 1 aliphatic heterocycles. The first-order valence-electron chi connectivity index (χ1n) is 9.22. The largest absolute Gasteiger partial charge is 0.456 e.